The highest BCUT2D eigenvalue weighted by Gasteiger charge is 2.26. The highest BCUT2D eigenvalue weighted by atomic mass is 16.1. The van der Waals surface area contributed by atoms with E-state index in [1.807, 2.05) is 18.4 Å². The summed E-state index contributed by atoms with van der Waals surface area (Å²) in [5.74, 6) is 1.61. The second-order valence-corrected chi connectivity index (χ2v) is 4.19. The quantitative estimate of drug-likeness (QED) is 0.705. The summed E-state index contributed by atoms with van der Waals surface area (Å²) in [6.07, 6.45) is 3.43. The molecular weight excluding hydrogens is 178 g/mol. The van der Waals surface area contributed by atoms with Crippen molar-refractivity contribution in [3.8, 4) is 0 Å². The van der Waals surface area contributed by atoms with Gasteiger partial charge in [0.15, 0.2) is 0 Å². The van der Waals surface area contributed by atoms with Crippen LogP contribution in [0, 0.1) is 11.8 Å². The van der Waals surface area contributed by atoms with Crippen LogP contribution >= 0.6 is 0 Å². The normalized spacial score (nSPS) is 20.9. The molecule has 1 atom stereocenters. The van der Waals surface area contributed by atoms with Gasteiger partial charge in [-0.15, -0.1) is 10.2 Å². The van der Waals surface area contributed by atoms with Crippen molar-refractivity contribution < 1.29 is 4.79 Å². The van der Waals surface area contributed by atoms with E-state index in [0.29, 0.717) is 5.78 Å². The minimum absolute atomic E-state index is 0.134. The number of aromatic nitrogens is 3. The van der Waals surface area contributed by atoms with Crippen molar-refractivity contribution in [3.05, 3.63) is 12.2 Å². The number of carbonyl (C=O) groups is 1. The molecule has 1 aromatic rings. The van der Waals surface area contributed by atoms with E-state index >= 15 is 0 Å². The summed E-state index contributed by atoms with van der Waals surface area (Å²) in [5.41, 5.74) is 0. The molecule has 14 heavy (non-hydrogen) atoms. The van der Waals surface area contributed by atoms with E-state index in [4.69, 9.17) is 0 Å². The van der Waals surface area contributed by atoms with Crippen LogP contribution in [0.5, 0.6) is 0 Å². The van der Waals surface area contributed by atoms with Crippen LogP contribution in [0.3, 0.4) is 0 Å². The molecule has 4 nitrogen and oxygen atoms in total. The summed E-state index contributed by atoms with van der Waals surface area (Å²) < 4.78 is 2.03. The summed E-state index contributed by atoms with van der Waals surface area (Å²) in [6.45, 7) is 4.80. The van der Waals surface area contributed by atoms with Gasteiger partial charge in [0, 0.05) is 24.8 Å². The zero-order valence-corrected chi connectivity index (χ0v) is 8.60. The maximum Gasteiger partial charge on any atom is 0.139 e. The molecule has 1 aromatic heterocycles. The number of ketones is 1. The van der Waals surface area contributed by atoms with E-state index < -0.39 is 0 Å². The lowest BCUT2D eigenvalue weighted by molar-refractivity contribution is -0.126. The Bertz CT molecular complexity index is 343. The zero-order valence-electron chi connectivity index (χ0n) is 8.60. The highest BCUT2D eigenvalue weighted by molar-refractivity contribution is 5.83. The first-order chi connectivity index (χ1) is 6.68. The average Bonchev–Trinajstić information content (AvgIpc) is 2.62. The van der Waals surface area contributed by atoms with Crippen LogP contribution in [0.1, 0.15) is 26.1 Å². The standard InChI is InChI=1S/C10H15N3O/c1-7(2)10(14)8-3-4-13-6-11-12-9(13)5-8/h6-8H,3-5H2,1-2H3. The van der Waals surface area contributed by atoms with Gasteiger partial charge in [-0.3, -0.25) is 4.79 Å². The topological polar surface area (TPSA) is 47.8 Å². The lowest BCUT2D eigenvalue weighted by Gasteiger charge is -2.22. The Morgan fingerprint density at radius 3 is 3.14 bits per heavy atom. The van der Waals surface area contributed by atoms with Crippen molar-refractivity contribution in [1.29, 1.82) is 0 Å². The van der Waals surface area contributed by atoms with Crippen molar-refractivity contribution in [2.24, 2.45) is 11.8 Å². The third kappa shape index (κ3) is 1.56. The number of nitrogens with zero attached hydrogens (tertiary/aromatic N) is 3. The van der Waals surface area contributed by atoms with E-state index in [2.05, 4.69) is 10.2 Å². The molecule has 0 spiro atoms. The fourth-order valence-electron chi connectivity index (χ4n) is 1.96. The Labute approximate surface area is 83.3 Å². The van der Waals surface area contributed by atoms with Gasteiger partial charge in [-0.05, 0) is 6.42 Å². The van der Waals surface area contributed by atoms with Crippen molar-refractivity contribution in [2.75, 3.05) is 0 Å². The van der Waals surface area contributed by atoms with Crippen molar-refractivity contribution in [3.63, 3.8) is 0 Å². The number of fused-ring (bicyclic) bond motifs is 1. The molecule has 0 aromatic carbocycles. The van der Waals surface area contributed by atoms with Crippen LogP contribution in [0.4, 0.5) is 0 Å². The van der Waals surface area contributed by atoms with Crippen molar-refractivity contribution >= 4 is 5.78 Å². The van der Waals surface area contributed by atoms with Crippen LogP contribution in [0.15, 0.2) is 6.33 Å². The molecule has 76 valence electrons. The first-order valence-corrected chi connectivity index (χ1v) is 5.09. The van der Waals surface area contributed by atoms with Crippen LogP contribution < -0.4 is 0 Å². The predicted molar refractivity (Wildman–Crippen MR) is 51.7 cm³/mol. The number of aryl methyl sites for hydroxylation is 1. The minimum Gasteiger partial charge on any atom is -0.318 e. The molecule has 0 fully saturated rings. The zero-order chi connectivity index (χ0) is 10.1. The summed E-state index contributed by atoms with van der Waals surface area (Å²) >= 11 is 0. The fraction of sp³-hybridized carbons (Fsp3) is 0.700. The van der Waals surface area contributed by atoms with Crippen LogP contribution in [-0.4, -0.2) is 20.5 Å². The Kier molecular flexibility index (Phi) is 2.35. The van der Waals surface area contributed by atoms with E-state index in [1.165, 1.54) is 0 Å². The fourth-order valence-corrected chi connectivity index (χ4v) is 1.96. The van der Waals surface area contributed by atoms with Crippen LogP contribution in [0.25, 0.3) is 0 Å². The first-order valence-electron chi connectivity index (χ1n) is 5.09. The van der Waals surface area contributed by atoms with Gasteiger partial charge in [0.05, 0.1) is 0 Å². The van der Waals surface area contributed by atoms with E-state index in [-0.39, 0.29) is 11.8 Å². The third-order valence-corrected chi connectivity index (χ3v) is 2.81. The van der Waals surface area contributed by atoms with Gasteiger partial charge in [-0.25, -0.2) is 0 Å². The monoisotopic (exact) mass is 193 g/mol. The molecule has 0 radical (unpaired) electrons. The van der Waals surface area contributed by atoms with Crippen LogP contribution in [0.2, 0.25) is 0 Å². The number of Topliss-reactive ketones (excluding diaryl/α,β-unsaturated/α-hetero) is 1. The Morgan fingerprint density at radius 2 is 2.43 bits per heavy atom. The average molecular weight is 193 g/mol. The number of rotatable bonds is 2. The molecule has 1 unspecified atom stereocenters. The number of carbonyl (C=O) groups excluding carboxylic acids is 1. The highest BCUT2D eigenvalue weighted by Crippen LogP contribution is 2.21. The van der Waals surface area contributed by atoms with Crippen molar-refractivity contribution in [1.82, 2.24) is 14.8 Å². The summed E-state index contributed by atoms with van der Waals surface area (Å²) in [6, 6.07) is 0. The Balaban J connectivity index is 2.11. The molecule has 0 aliphatic carbocycles. The summed E-state index contributed by atoms with van der Waals surface area (Å²) in [5, 5.41) is 7.85. The van der Waals surface area contributed by atoms with Gasteiger partial charge in [0.1, 0.15) is 17.9 Å². The van der Waals surface area contributed by atoms with Gasteiger partial charge >= 0.3 is 0 Å². The van der Waals surface area contributed by atoms with Gasteiger partial charge < -0.3 is 4.57 Å². The molecular formula is C10H15N3O. The van der Waals surface area contributed by atoms with Gasteiger partial charge in [0.2, 0.25) is 0 Å². The van der Waals surface area contributed by atoms with Gasteiger partial charge in [-0.2, -0.15) is 0 Å². The molecule has 0 saturated carbocycles. The minimum atomic E-state index is 0.134. The summed E-state index contributed by atoms with van der Waals surface area (Å²) in [7, 11) is 0. The van der Waals surface area contributed by atoms with E-state index in [0.717, 1.165) is 25.2 Å². The maximum atomic E-state index is 11.8. The third-order valence-electron chi connectivity index (χ3n) is 2.81. The molecule has 0 amide bonds. The molecule has 2 rings (SSSR count). The van der Waals surface area contributed by atoms with Crippen LogP contribution in [-0.2, 0) is 17.8 Å². The molecule has 0 bridgehead atoms. The van der Waals surface area contributed by atoms with E-state index in [1.54, 1.807) is 6.33 Å². The van der Waals surface area contributed by atoms with Gasteiger partial charge in [-0.1, -0.05) is 13.8 Å². The predicted octanol–water partition coefficient (Wildman–Crippen LogP) is 1.07. The SMILES string of the molecule is CC(C)C(=O)C1CCn2cnnc2C1. The number of hydrogen-bond donors (Lipinski definition) is 0. The molecule has 4 heteroatoms. The molecule has 0 saturated heterocycles. The molecule has 0 N–H and O–H groups in total. The van der Waals surface area contributed by atoms with Gasteiger partial charge in [0.25, 0.3) is 0 Å². The maximum absolute atomic E-state index is 11.8. The smallest absolute Gasteiger partial charge is 0.139 e. The summed E-state index contributed by atoms with van der Waals surface area (Å²) in [4.78, 5) is 11.8. The first kappa shape index (κ1) is 9.37. The number of hydrogen-bond acceptors (Lipinski definition) is 3. The van der Waals surface area contributed by atoms with Crippen molar-refractivity contribution in [2.45, 2.75) is 33.2 Å². The Hall–Kier alpha value is -1.19. The molecule has 2 heterocycles. The molecule has 1 aliphatic heterocycles. The van der Waals surface area contributed by atoms with E-state index in [9.17, 15) is 4.79 Å². The largest absolute Gasteiger partial charge is 0.318 e. The lowest BCUT2D eigenvalue weighted by Crippen LogP contribution is -2.28. The second kappa shape index (κ2) is 3.52. The Morgan fingerprint density at radius 1 is 1.64 bits per heavy atom. The molecule has 1 aliphatic rings. The lowest BCUT2D eigenvalue weighted by atomic mass is 9.88. The second-order valence-electron chi connectivity index (χ2n) is 4.19.